The molecule has 0 saturated carbocycles. The number of H-pyrrole nitrogens is 1. The number of methoxy groups -OCH3 is 2. The van der Waals surface area contributed by atoms with Crippen LogP contribution in [0, 0.1) is 11.8 Å². The Balaban J connectivity index is 1.53. The first-order valence-corrected chi connectivity index (χ1v) is 10.1. The van der Waals surface area contributed by atoms with E-state index >= 15 is 0 Å². The third kappa shape index (κ3) is 5.28. The van der Waals surface area contributed by atoms with E-state index in [4.69, 9.17) is 9.47 Å². The summed E-state index contributed by atoms with van der Waals surface area (Å²) in [6.07, 6.45) is 1.59. The second kappa shape index (κ2) is 9.60. The van der Waals surface area contributed by atoms with Crippen LogP contribution in [0.5, 0.6) is 11.5 Å². The van der Waals surface area contributed by atoms with Gasteiger partial charge in [-0.15, -0.1) is 5.10 Å². The maximum absolute atomic E-state index is 12.5. The first-order chi connectivity index (χ1) is 14.4. The molecule has 3 rings (SSSR count). The first kappa shape index (κ1) is 21.6. The average molecular weight is 415 g/mol. The summed E-state index contributed by atoms with van der Waals surface area (Å²) in [5.41, 5.74) is 1.07. The van der Waals surface area contributed by atoms with Gasteiger partial charge in [0.15, 0.2) is 11.5 Å². The van der Waals surface area contributed by atoms with E-state index in [0.717, 1.165) is 12.0 Å². The van der Waals surface area contributed by atoms with E-state index in [2.05, 4.69) is 34.3 Å². The fourth-order valence-electron chi connectivity index (χ4n) is 3.54. The van der Waals surface area contributed by atoms with Gasteiger partial charge in [0.2, 0.25) is 17.8 Å². The van der Waals surface area contributed by atoms with Crippen LogP contribution in [-0.2, 0) is 22.4 Å². The number of benzene rings is 1. The first-order valence-electron chi connectivity index (χ1n) is 10.1. The van der Waals surface area contributed by atoms with Gasteiger partial charge in [-0.3, -0.25) is 20.0 Å². The quantitative estimate of drug-likeness (QED) is 0.649. The van der Waals surface area contributed by atoms with Crippen molar-refractivity contribution in [3.8, 4) is 11.5 Å². The Morgan fingerprint density at radius 2 is 2.03 bits per heavy atom. The lowest BCUT2D eigenvalue weighted by atomic mass is 10.1. The van der Waals surface area contributed by atoms with Crippen molar-refractivity contribution in [3.05, 3.63) is 29.6 Å². The predicted molar refractivity (Wildman–Crippen MR) is 111 cm³/mol. The number of aryl methyl sites for hydroxylation is 2. The number of anilines is 1. The standard InChI is InChI=1S/C21H29N5O4/c1-13(2)11-26-12-15(10-19(26)27)20(28)23-21-22-18(24-25-21)8-6-14-5-7-16(29-3)17(9-14)30-4/h5,7,9,13,15H,6,8,10-12H2,1-4H3,(H2,22,23,24,25,28)/t15-/m1/s1. The Morgan fingerprint density at radius 3 is 2.73 bits per heavy atom. The van der Waals surface area contributed by atoms with Crippen LogP contribution in [0.25, 0.3) is 0 Å². The number of rotatable bonds is 9. The van der Waals surface area contributed by atoms with E-state index in [1.807, 2.05) is 18.2 Å². The zero-order valence-electron chi connectivity index (χ0n) is 17.9. The normalized spacial score (nSPS) is 16.2. The number of hydrogen-bond donors (Lipinski definition) is 2. The van der Waals surface area contributed by atoms with Crippen molar-refractivity contribution >= 4 is 17.8 Å². The van der Waals surface area contributed by atoms with Gasteiger partial charge in [-0.05, 0) is 30.0 Å². The predicted octanol–water partition coefficient (Wildman–Crippen LogP) is 2.05. The summed E-state index contributed by atoms with van der Waals surface area (Å²) >= 11 is 0. The average Bonchev–Trinajstić information content (AvgIpc) is 3.32. The molecule has 162 valence electrons. The Bertz CT molecular complexity index is 895. The Kier molecular flexibility index (Phi) is 6.91. The van der Waals surface area contributed by atoms with Gasteiger partial charge in [-0.1, -0.05) is 19.9 Å². The number of aromatic nitrogens is 3. The minimum Gasteiger partial charge on any atom is -0.493 e. The molecule has 1 aliphatic heterocycles. The summed E-state index contributed by atoms with van der Waals surface area (Å²) in [7, 11) is 3.21. The number of nitrogens with one attached hydrogen (secondary N) is 2. The van der Waals surface area contributed by atoms with Crippen LogP contribution in [0.2, 0.25) is 0 Å². The van der Waals surface area contributed by atoms with E-state index in [0.29, 0.717) is 42.8 Å². The summed E-state index contributed by atoms with van der Waals surface area (Å²) in [5.74, 6) is 2.07. The van der Waals surface area contributed by atoms with Crippen LogP contribution in [0.1, 0.15) is 31.7 Å². The van der Waals surface area contributed by atoms with Gasteiger partial charge in [0.05, 0.1) is 20.1 Å². The van der Waals surface area contributed by atoms with E-state index in [1.54, 1.807) is 19.1 Å². The number of carbonyl (C=O) groups is 2. The molecule has 0 unspecified atom stereocenters. The number of ether oxygens (including phenoxy) is 2. The van der Waals surface area contributed by atoms with Crippen LogP contribution in [-0.4, -0.2) is 59.2 Å². The maximum atomic E-state index is 12.5. The zero-order chi connectivity index (χ0) is 21.7. The van der Waals surface area contributed by atoms with Gasteiger partial charge in [-0.25, -0.2) is 0 Å². The molecule has 2 N–H and O–H groups in total. The van der Waals surface area contributed by atoms with Crippen molar-refractivity contribution < 1.29 is 19.1 Å². The van der Waals surface area contributed by atoms with Crippen molar-refractivity contribution in [2.45, 2.75) is 33.1 Å². The van der Waals surface area contributed by atoms with Crippen LogP contribution in [0.15, 0.2) is 18.2 Å². The molecule has 2 aromatic rings. The number of nitrogens with zero attached hydrogens (tertiary/aromatic N) is 3. The third-order valence-corrected chi connectivity index (χ3v) is 5.04. The summed E-state index contributed by atoms with van der Waals surface area (Å²) in [6.45, 7) is 5.22. The molecule has 2 amide bonds. The van der Waals surface area contributed by atoms with Crippen LogP contribution < -0.4 is 14.8 Å². The molecule has 0 radical (unpaired) electrons. The fraction of sp³-hybridized carbons (Fsp3) is 0.524. The van der Waals surface area contributed by atoms with Gasteiger partial charge >= 0.3 is 0 Å². The third-order valence-electron chi connectivity index (χ3n) is 5.04. The Morgan fingerprint density at radius 1 is 1.27 bits per heavy atom. The maximum Gasteiger partial charge on any atom is 0.248 e. The lowest BCUT2D eigenvalue weighted by molar-refractivity contribution is -0.128. The molecule has 0 bridgehead atoms. The highest BCUT2D eigenvalue weighted by Gasteiger charge is 2.34. The van der Waals surface area contributed by atoms with Gasteiger partial charge in [0.1, 0.15) is 5.82 Å². The number of likely N-dealkylation sites (tertiary alicyclic amines) is 1. The summed E-state index contributed by atoms with van der Waals surface area (Å²) < 4.78 is 10.6. The molecule has 1 aliphatic rings. The van der Waals surface area contributed by atoms with Crippen LogP contribution >= 0.6 is 0 Å². The van der Waals surface area contributed by atoms with Crippen molar-refractivity contribution in [2.24, 2.45) is 11.8 Å². The zero-order valence-corrected chi connectivity index (χ0v) is 17.9. The van der Waals surface area contributed by atoms with Gasteiger partial charge < -0.3 is 14.4 Å². The monoisotopic (exact) mass is 415 g/mol. The van der Waals surface area contributed by atoms with Crippen molar-refractivity contribution in [3.63, 3.8) is 0 Å². The van der Waals surface area contributed by atoms with E-state index in [-0.39, 0.29) is 30.1 Å². The van der Waals surface area contributed by atoms with E-state index in [1.165, 1.54) is 0 Å². The summed E-state index contributed by atoms with van der Waals surface area (Å²) in [5, 5.41) is 9.66. The van der Waals surface area contributed by atoms with Crippen molar-refractivity contribution in [2.75, 3.05) is 32.6 Å². The lowest BCUT2D eigenvalue weighted by Crippen LogP contribution is -2.31. The highest BCUT2D eigenvalue weighted by molar-refractivity contribution is 5.96. The summed E-state index contributed by atoms with van der Waals surface area (Å²) in [4.78, 5) is 30.7. The topological polar surface area (TPSA) is 109 Å². The molecule has 1 atom stereocenters. The molecule has 0 aliphatic carbocycles. The molecule has 0 spiro atoms. The number of carbonyl (C=O) groups excluding carboxylic acids is 2. The minimum atomic E-state index is -0.370. The van der Waals surface area contributed by atoms with E-state index in [9.17, 15) is 9.59 Å². The molecule has 30 heavy (non-hydrogen) atoms. The second-order valence-corrected chi connectivity index (χ2v) is 7.88. The molecule has 9 heteroatoms. The Labute approximate surface area is 176 Å². The SMILES string of the molecule is COc1ccc(CCc2nc(NC(=O)[C@@H]3CC(=O)N(CC(C)C)C3)n[nH]2)cc1OC. The molecule has 1 fully saturated rings. The summed E-state index contributed by atoms with van der Waals surface area (Å²) in [6, 6.07) is 5.77. The minimum absolute atomic E-state index is 0.0226. The van der Waals surface area contributed by atoms with Crippen LogP contribution in [0.4, 0.5) is 5.95 Å². The lowest BCUT2D eigenvalue weighted by Gasteiger charge is -2.18. The second-order valence-electron chi connectivity index (χ2n) is 7.88. The number of amides is 2. The highest BCUT2D eigenvalue weighted by atomic mass is 16.5. The molecular weight excluding hydrogens is 386 g/mol. The molecule has 1 aromatic carbocycles. The largest absolute Gasteiger partial charge is 0.493 e. The number of hydrogen-bond acceptors (Lipinski definition) is 6. The fourth-order valence-corrected chi connectivity index (χ4v) is 3.54. The Hall–Kier alpha value is -3.10. The van der Waals surface area contributed by atoms with Gasteiger partial charge in [0, 0.05) is 25.9 Å². The van der Waals surface area contributed by atoms with E-state index < -0.39 is 0 Å². The van der Waals surface area contributed by atoms with Crippen molar-refractivity contribution in [1.29, 1.82) is 0 Å². The molecule has 1 saturated heterocycles. The van der Waals surface area contributed by atoms with Gasteiger partial charge in [0.25, 0.3) is 0 Å². The van der Waals surface area contributed by atoms with Crippen LogP contribution in [0.3, 0.4) is 0 Å². The smallest absolute Gasteiger partial charge is 0.248 e. The number of aromatic amines is 1. The molecule has 1 aromatic heterocycles. The molecule has 9 nitrogen and oxygen atoms in total. The van der Waals surface area contributed by atoms with Crippen molar-refractivity contribution in [1.82, 2.24) is 20.1 Å². The molecule has 2 heterocycles. The molecular formula is C21H29N5O4. The van der Waals surface area contributed by atoms with Gasteiger partial charge in [-0.2, -0.15) is 4.98 Å². The highest BCUT2D eigenvalue weighted by Crippen LogP contribution is 2.28.